The van der Waals surface area contributed by atoms with Gasteiger partial charge < -0.3 is 5.32 Å². The number of hydrogen-bond donors (Lipinski definition) is 3. The number of hydrogen-bond acceptors (Lipinski definition) is 4. The maximum Gasteiger partial charge on any atom is 0.275 e. The first-order valence-electron chi connectivity index (χ1n) is 8.00. The number of carbonyl (C=O) groups excluding carboxylic acids is 2. The molecule has 1 aromatic heterocycles. The molecule has 6 nitrogen and oxygen atoms in total. The van der Waals surface area contributed by atoms with Crippen molar-refractivity contribution in [3.05, 3.63) is 89.7 Å². The maximum atomic E-state index is 12.1. The van der Waals surface area contributed by atoms with Crippen LogP contribution in [0.1, 0.15) is 26.3 Å². The Morgan fingerprint density at radius 1 is 0.962 bits per heavy atom. The molecule has 0 unspecified atom stereocenters. The number of pyridine rings is 1. The predicted molar refractivity (Wildman–Crippen MR) is 96.5 cm³/mol. The van der Waals surface area contributed by atoms with Crippen molar-refractivity contribution >= 4 is 11.8 Å². The third-order valence-corrected chi connectivity index (χ3v) is 3.89. The van der Waals surface area contributed by atoms with E-state index in [2.05, 4.69) is 10.3 Å². The van der Waals surface area contributed by atoms with E-state index in [1.54, 1.807) is 35.9 Å². The van der Waals surface area contributed by atoms with Crippen molar-refractivity contribution < 1.29 is 14.8 Å². The second-order valence-corrected chi connectivity index (χ2v) is 5.61. The molecular formula is C20H17N3O3. The number of carbonyl (C=O) groups is 2. The van der Waals surface area contributed by atoms with E-state index in [1.165, 1.54) is 6.20 Å². The van der Waals surface area contributed by atoms with Crippen LogP contribution < -0.4 is 10.8 Å². The molecule has 3 N–H and O–H groups in total. The number of nitrogens with one attached hydrogen (secondary N) is 2. The smallest absolute Gasteiger partial charge is 0.275 e. The lowest BCUT2D eigenvalue weighted by Gasteiger charge is -2.12. The van der Waals surface area contributed by atoms with Gasteiger partial charge in [-0.3, -0.25) is 19.8 Å². The molecule has 0 saturated carbocycles. The number of hydroxylamine groups is 1. The van der Waals surface area contributed by atoms with Gasteiger partial charge >= 0.3 is 0 Å². The fourth-order valence-electron chi connectivity index (χ4n) is 2.60. The third-order valence-electron chi connectivity index (χ3n) is 3.89. The Balaban J connectivity index is 1.85. The monoisotopic (exact) mass is 347 g/mol. The standard InChI is InChI=1S/C20H17N3O3/c24-19(16-7-4-10-21-13-16)22-12-14-8-9-17(20(25)23-26)18(11-14)15-5-2-1-3-6-15/h1-11,13,26H,12H2,(H,22,24)(H,23,25). The molecule has 0 atom stereocenters. The Morgan fingerprint density at radius 3 is 2.46 bits per heavy atom. The van der Waals surface area contributed by atoms with Gasteiger partial charge in [0.2, 0.25) is 0 Å². The summed E-state index contributed by atoms with van der Waals surface area (Å²) in [5.41, 5.74) is 4.83. The highest BCUT2D eigenvalue weighted by molar-refractivity contribution is 6.00. The molecule has 1 heterocycles. The zero-order valence-corrected chi connectivity index (χ0v) is 13.8. The van der Waals surface area contributed by atoms with E-state index in [1.807, 2.05) is 36.4 Å². The number of nitrogens with zero attached hydrogens (tertiary/aromatic N) is 1. The van der Waals surface area contributed by atoms with Gasteiger partial charge in [-0.1, -0.05) is 36.4 Å². The third kappa shape index (κ3) is 3.93. The minimum absolute atomic E-state index is 0.225. The average Bonchev–Trinajstić information content (AvgIpc) is 2.72. The molecular weight excluding hydrogens is 330 g/mol. The maximum absolute atomic E-state index is 12.1. The van der Waals surface area contributed by atoms with Crippen molar-refractivity contribution in [1.82, 2.24) is 15.8 Å². The topological polar surface area (TPSA) is 91.3 Å². The van der Waals surface area contributed by atoms with E-state index in [4.69, 9.17) is 5.21 Å². The van der Waals surface area contributed by atoms with Crippen molar-refractivity contribution in [1.29, 1.82) is 0 Å². The molecule has 2 aromatic carbocycles. The van der Waals surface area contributed by atoms with Crippen molar-refractivity contribution in [2.24, 2.45) is 0 Å². The second-order valence-electron chi connectivity index (χ2n) is 5.61. The summed E-state index contributed by atoms with van der Waals surface area (Å²) >= 11 is 0. The Morgan fingerprint density at radius 2 is 1.77 bits per heavy atom. The van der Waals surface area contributed by atoms with Crippen LogP contribution in [0.5, 0.6) is 0 Å². The summed E-state index contributed by atoms with van der Waals surface area (Å²) in [5, 5.41) is 11.8. The minimum atomic E-state index is -0.588. The zero-order chi connectivity index (χ0) is 18.4. The molecule has 0 fully saturated rings. The van der Waals surface area contributed by atoms with Crippen LogP contribution in [0.15, 0.2) is 73.1 Å². The molecule has 0 aliphatic heterocycles. The van der Waals surface area contributed by atoms with Gasteiger partial charge in [0, 0.05) is 24.5 Å². The van der Waals surface area contributed by atoms with Crippen LogP contribution in [-0.2, 0) is 6.54 Å². The zero-order valence-electron chi connectivity index (χ0n) is 13.8. The summed E-state index contributed by atoms with van der Waals surface area (Å²) in [5.74, 6) is -0.814. The van der Waals surface area contributed by atoms with Crippen LogP contribution in [0.2, 0.25) is 0 Å². The average molecular weight is 347 g/mol. The number of rotatable bonds is 5. The summed E-state index contributed by atoms with van der Waals surface area (Å²) in [4.78, 5) is 28.0. The van der Waals surface area contributed by atoms with Gasteiger partial charge in [-0.2, -0.15) is 0 Å². The fraction of sp³-hybridized carbons (Fsp3) is 0.0500. The number of aromatic nitrogens is 1. The molecule has 0 aliphatic rings. The van der Waals surface area contributed by atoms with Crippen molar-refractivity contribution in [2.75, 3.05) is 0 Å². The Bertz CT molecular complexity index is 912. The van der Waals surface area contributed by atoms with Crippen molar-refractivity contribution in [2.45, 2.75) is 6.54 Å². The molecule has 0 spiro atoms. The second kappa shape index (κ2) is 8.04. The molecule has 0 bridgehead atoms. The predicted octanol–water partition coefficient (Wildman–Crippen LogP) is 2.80. The van der Waals surface area contributed by atoms with Crippen molar-refractivity contribution in [3.63, 3.8) is 0 Å². The minimum Gasteiger partial charge on any atom is -0.348 e. The molecule has 130 valence electrons. The van der Waals surface area contributed by atoms with Gasteiger partial charge in [0.25, 0.3) is 11.8 Å². The Kier molecular flexibility index (Phi) is 5.36. The van der Waals surface area contributed by atoms with E-state index in [-0.39, 0.29) is 5.91 Å². The largest absolute Gasteiger partial charge is 0.348 e. The van der Waals surface area contributed by atoms with Crippen LogP contribution >= 0.6 is 0 Å². The van der Waals surface area contributed by atoms with Gasteiger partial charge in [0.1, 0.15) is 0 Å². The summed E-state index contributed by atoms with van der Waals surface area (Å²) in [6.45, 7) is 0.300. The van der Waals surface area contributed by atoms with Gasteiger partial charge in [-0.15, -0.1) is 0 Å². The normalized spacial score (nSPS) is 10.2. The van der Waals surface area contributed by atoms with E-state index in [9.17, 15) is 9.59 Å². The van der Waals surface area contributed by atoms with E-state index >= 15 is 0 Å². The highest BCUT2D eigenvalue weighted by atomic mass is 16.5. The molecule has 26 heavy (non-hydrogen) atoms. The van der Waals surface area contributed by atoms with Crippen LogP contribution in [0, 0.1) is 0 Å². The Hall–Kier alpha value is -3.51. The highest BCUT2D eigenvalue weighted by Gasteiger charge is 2.13. The van der Waals surface area contributed by atoms with E-state index < -0.39 is 5.91 Å². The number of amides is 2. The molecule has 0 saturated heterocycles. The molecule has 0 radical (unpaired) electrons. The van der Waals surface area contributed by atoms with Gasteiger partial charge in [0.15, 0.2) is 0 Å². The number of benzene rings is 2. The summed E-state index contributed by atoms with van der Waals surface area (Å²) in [6, 6.07) is 17.9. The van der Waals surface area contributed by atoms with Crippen LogP contribution in [0.4, 0.5) is 0 Å². The molecule has 2 amide bonds. The van der Waals surface area contributed by atoms with Gasteiger partial charge in [-0.05, 0) is 41.0 Å². The van der Waals surface area contributed by atoms with Gasteiger partial charge in [0.05, 0.1) is 5.56 Å². The molecule has 3 rings (SSSR count). The molecule has 3 aromatic rings. The highest BCUT2D eigenvalue weighted by Crippen LogP contribution is 2.25. The lowest BCUT2D eigenvalue weighted by Crippen LogP contribution is -2.23. The van der Waals surface area contributed by atoms with E-state index in [0.29, 0.717) is 23.2 Å². The first-order valence-corrected chi connectivity index (χ1v) is 8.00. The van der Waals surface area contributed by atoms with Crippen LogP contribution in [-0.4, -0.2) is 22.0 Å². The lowest BCUT2D eigenvalue weighted by atomic mass is 9.96. The fourth-order valence-corrected chi connectivity index (χ4v) is 2.60. The first-order chi connectivity index (χ1) is 12.7. The van der Waals surface area contributed by atoms with Crippen LogP contribution in [0.25, 0.3) is 11.1 Å². The molecule has 0 aliphatic carbocycles. The summed E-state index contributed by atoms with van der Waals surface area (Å²) < 4.78 is 0. The van der Waals surface area contributed by atoms with Gasteiger partial charge in [-0.25, -0.2) is 5.48 Å². The van der Waals surface area contributed by atoms with E-state index in [0.717, 1.165) is 11.1 Å². The lowest BCUT2D eigenvalue weighted by molar-refractivity contribution is 0.0707. The SMILES string of the molecule is O=C(NCc1ccc(C(=O)NO)c(-c2ccccc2)c1)c1cccnc1. The van der Waals surface area contributed by atoms with Crippen molar-refractivity contribution in [3.8, 4) is 11.1 Å². The quantitative estimate of drug-likeness (QED) is 0.489. The Labute approximate surface area is 150 Å². The summed E-state index contributed by atoms with van der Waals surface area (Å²) in [7, 11) is 0. The first kappa shape index (κ1) is 17.3. The molecule has 6 heteroatoms. The summed E-state index contributed by atoms with van der Waals surface area (Å²) in [6.07, 6.45) is 3.10. The van der Waals surface area contributed by atoms with Crippen LogP contribution in [0.3, 0.4) is 0 Å².